The highest BCUT2D eigenvalue weighted by atomic mass is 15.3. The summed E-state index contributed by atoms with van der Waals surface area (Å²) in [4.78, 5) is 0. The first kappa shape index (κ1) is 8.74. The highest BCUT2D eigenvalue weighted by molar-refractivity contribution is 5.81. The fourth-order valence-corrected chi connectivity index (χ4v) is 1.28. The lowest BCUT2D eigenvalue weighted by Gasteiger charge is -1.90. The number of rotatable bonds is 0. The van der Waals surface area contributed by atoms with Gasteiger partial charge in [-0.15, -0.1) is 0 Å². The number of aromatic nitrogens is 2. The molecule has 0 amide bonds. The molecule has 12 heavy (non-hydrogen) atoms. The first-order valence-corrected chi connectivity index (χ1v) is 3.67. The molecule has 0 atom stereocenters. The maximum absolute atomic E-state index is 4.33. The Morgan fingerprint density at radius 1 is 1.25 bits per heavy atom. The van der Waals surface area contributed by atoms with E-state index in [1.807, 2.05) is 29.9 Å². The molecule has 0 radical (unpaired) electrons. The van der Waals surface area contributed by atoms with E-state index in [0.717, 1.165) is 5.52 Å². The Balaban J connectivity index is 0.000000720. The van der Waals surface area contributed by atoms with Crippen molar-refractivity contribution in [2.24, 2.45) is 7.05 Å². The topological polar surface area (TPSA) is 52.8 Å². The van der Waals surface area contributed by atoms with E-state index in [9.17, 15) is 0 Å². The summed E-state index contributed by atoms with van der Waals surface area (Å²) in [5, 5.41) is 5.57. The number of hydrogen-bond donors (Lipinski definition) is 1. The quantitative estimate of drug-likeness (QED) is 0.646. The van der Waals surface area contributed by atoms with E-state index in [4.69, 9.17) is 0 Å². The molecule has 0 fully saturated rings. The van der Waals surface area contributed by atoms with E-state index < -0.39 is 0 Å². The molecule has 0 unspecified atom stereocenters. The van der Waals surface area contributed by atoms with E-state index in [1.54, 1.807) is 0 Å². The lowest BCUT2D eigenvalue weighted by Crippen LogP contribution is -1.91. The largest absolute Gasteiger partial charge is 0.344 e. The fourth-order valence-electron chi connectivity index (χ4n) is 1.28. The van der Waals surface area contributed by atoms with Crippen LogP contribution in [0, 0.1) is 6.92 Å². The molecule has 1 heterocycles. The van der Waals surface area contributed by atoms with Gasteiger partial charge in [-0.1, -0.05) is 18.2 Å². The van der Waals surface area contributed by atoms with Crippen LogP contribution >= 0.6 is 0 Å². The zero-order valence-electron chi connectivity index (χ0n) is 7.41. The Kier molecular flexibility index (Phi) is 2.15. The van der Waals surface area contributed by atoms with Crippen LogP contribution in [0.25, 0.3) is 10.9 Å². The molecule has 3 heteroatoms. The summed E-state index contributed by atoms with van der Waals surface area (Å²) in [6, 6.07) is 8.17. The van der Waals surface area contributed by atoms with E-state index >= 15 is 0 Å². The monoisotopic (exact) mass is 163 g/mol. The Morgan fingerprint density at radius 2 is 1.92 bits per heavy atom. The molecule has 3 N–H and O–H groups in total. The molecule has 2 rings (SSSR count). The number of benzene rings is 1. The van der Waals surface area contributed by atoms with Crippen LogP contribution in [0.15, 0.2) is 24.3 Å². The van der Waals surface area contributed by atoms with Crippen molar-refractivity contribution in [3.8, 4) is 0 Å². The Labute approximate surface area is 71.6 Å². The maximum atomic E-state index is 4.33. The summed E-state index contributed by atoms with van der Waals surface area (Å²) >= 11 is 0. The number of aryl methyl sites for hydroxylation is 2. The average molecular weight is 163 g/mol. The van der Waals surface area contributed by atoms with Crippen molar-refractivity contribution < 1.29 is 0 Å². The zero-order valence-corrected chi connectivity index (χ0v) is 7.41. The van der Waals surface area contributed by atoms with E-state index in [0.29, 0.717) is 0 Å². The van der Waals surface area contributed by atoms with Crippen molar-refractivity contribution >= 4 is 10.9 Å². The van der Waals surface area contributed by atoms with Crippen molar-refractivity contribution in [1.82, 2.24) is 15.9 Å². The number of hydrogen-bond acceptors (Lipinski definition) is 2. The van der Waals surface area contributed by atoms with Gasteiger partial charge in [-0.2, -0.15) is 5.10 Å². The summed E-state index contributed by atoms with van der Waals surface area (Å²) in [6.45, 7) is 2.08. The summed E-state index contributed by atoms with van der Waals surface area (Å²) in [5.74, 6) is 0. The molecule has 0 aliphatic heterocycles. The van der Waals surface area contributed by atoms with Crippen LogP contribution in [-0.2, 0) is 7.05 Å². The minimum atomic E-state index is 0. The molecule has 2 aromatic rings. The SMILES string of the molecule is Cc1c2ccccc2nn1C.N. The molecule has 0 saturated heterocycles. The molecular weight excluding hydrogens is 150 g/mol. The van der Waals surface area contributed by atoms with Crippen molar-refractivity contribution in [2.45, 2.75) is 6.92 Å². The lowest BCUT2D eigenvalue weighted by molar-refractivity contribution is 0.751. The zero-order chi connectivity index (χ0) is 7.84. The Morgan fingerprint density at radius 3 is 2.58 bits per heavy atom. The minimum absolute atomic E-state index is 0. The van der Waals surface area contributed by atoms with Crippen LogP contribution in [0.4, 0.5) is 0 Å². The van der Waals surface area contributed by atoms with Crippen LogP contribution in [0.1, 0.15) is 5.69 Å². The molecule has 64 valence electrons. The van der Waals surface area contributed by atoms with E-state index in [2.05, 4.69) is 18.1 Å². The van der Waals surface area contributed by atoms with Crippen LogP contribution in [0.3, 0.4) is 0 Å². The summed E-state index contributed by atoms with van der Waals surface area (Å²) in [6.07, 6.45) is 0. The van der Waals surface area contributed by atoms with Crippen molar-refractivity contribution in [3.63, 3.8) is 0 Å². The van der Waals surface area contributed by atoms with Crippen LogP contribution in [-0.4, -0.2) is 9.78 Å². The van der Waals surface area contributed by atoms with Gasteiger partial charge in [0.1, 0.15) is 0 Å². The van der Waals surface area contributed by atoms with Gasteiger partial charge in [0.15, 0.2) is 0 Å². The minimum Gasteiger partial charge on any atom is -0.344 e. The van der Waals surface area contributed by atoms with Crippen molar-refractivity contribution in [3.05, 3.63) is 30.0 Å². The third-order valence-corrected chi connectivity index (χ3v) is 2.04. The normalized spacial score (nSPS) is 9.83. The van der Waals surface area contributed by atoms with Crippen molar-refractivity contribution in [1.29, 1.82) is 0 Å². The third kappa shape index (κ3) is 1.08. The summed E-state index contributed by atoms with van der Waals surface area (Å²) in [5.41, 5.74) is 2.30. The summed E-state index contributed by atoms with van der Waals surface area (Å²) in [7, 11) is 1.97. The van der Waals surface area contributed by atoms with Gasteiger partial charge in [0, 0.05) is 18.1 Å². The second-order valence-electron chi connectivity index (χ2n) is 2.73. The first-order chi connectivity index (χ1) is 5.29. The molecule has 3 nitrogen and oxygen atoms in total. The Hall–Kier alpha value is -1.35. The lowest BCUT2D eigenvalue weighted by atomic mass is 10.2. The van der Waals surface area contributed by atoms with Crippen LogP contribution in [0.5, 0.6) is 0 Å². The van der Waals surface area contributed by atoms with Gasteiger partial charge in [0.05, 0.1) is 5.52 Å². The van der Waals surface area contributed by atoms with Gasteiger partial charge in [0.25, 0.3) is 0 Å². The van der Waals surface area contributed by atoms with Gasteiger partial charge < -0.3 is 6.15 Å². The first-order valence-electron chi connectivity index (χ1n) is 3.67. The molecule has 1 aromatic carbocycles. The third-order valence-electron chi connectivity index (χ3n) is 2.04. The van der Waals surface area contributed by atoms with Gasteiger partial charge in [-0.05, 0) is 13.0 Å². The van der Waals surface area contributed by atoms with Gasteiger partial charge in [0.2, 0.25) is 0 Å². The van der Waals surface area contributed by atoms with Gasteiger partial charge >= 0.3 is 0 Å². The standard InChI is InChI=1S/C9H10N2.H3N/c1-7-8-5-3-4-6-9(8)10-11(7)2;/h3-6H,1-2H3;1H3. The molecule has 0 aliphatic carbocycles. The van der Waals surface area contributed by atoms with Gasteiger partial charge in [-0.25, -0.2) is 0 Å². The molecule has 0 bridgehead atoms. The van der Waals surface area contributed by atoms with Gasteiger partial charge in [-0.3, -0.25) is 4.68 Å². The van der Waals surface area contributed by atoms with Crippen LogP contribution in [0.2, 0.25) is 0 Å². The maximum Gasteiger partial charge on any atom is 0.0926 e. The average Bonchev–Trinajstić information content (AvgIpc) is 2.30. The second kappa shape index (κ2) is 2.95. The summed E-state index contributed by atoms with van der Waals surface area (Å²) < 4.78 is 1.91. The van der Waals surface area contributed by atoms with E-state index in [-0.39, 0.29) is 6.15 Å². The van der Waals surface area contributed by atoms with Crippen LogP contribution < -0.4 is 6.15 Å². The Bertz CT molecular complexity index is 390. The molecule has 1 aromatic heterocycles. The fraction of sp³-hybridized carbons (Fsp3) is 0.222. The molecule has 0 aliphatic rings. The highest BCUT2D eigenvalue weighted by Gasteiger charge is 2.00. The van der Waals surface area contributed by atoms with Crippen molar-refractivity contribution in [2.75, 3.05) is 0 Å². The highest BCUT2D eigenvalue weighted by Crippen LogP contribution is 2.15. The number of fused-ring (bicyclic) bond motifs is 1. The van der Waals surface area contributed by atoms with E-state index in [1.165, 1.54) is 11.1 Å². The molecule has 0 saturated carbocycles. The number of nitrogens with zero attached hydrogens (tertiary/aromatic N) is 2. The molecule has 0 spiro atoms. The molecular formula is C9H13N3. The predicted octanol–water partition coefficient (Wildman–Crippen LogP) is 2.04. The second-order valence-corrected chi connectivity index (χ2v) is 2.73. The smallest absolute Gasteiger partial charge is 0.0926 e. The predicted molar refractivity (Wildman–Crippen MR) is 50.5 cm³/mol.